The van der Waals surface area contributed by atoms with Gasteiger partial charge in [0.05, 0.1) is 12.1 Å². The Balaban J connectivity index is 1.83. The van der Waals surface area contributed by atoms with E-state index in [0.717, 1.165) is 31.6 Å². The smallest absolute Gasteiger partial charge is 0.253 e. The fourth-order valence-electron chi connectivity index (χ4n) is 2.76. The molecule has 0 radical (unpaired) electrons. The van der Waals surface area contributed by atoms with Crippen molar-refractivity contribution in [2.75, 3.05) is 31.1 Å². The van der Waals surface area contributed by atoms with E-state index in [-0.39, 0.29) is 18.1 Å². The molecule has 0 aliphatic carbocycles. The van der Waals surface area contributed by atoms with Crippen LogP contribution in [0.5, 0.6) is 0 Å². The summed E-state index contributed by atoms with van der Waals surface area (Å²) in [6.07, 6.45) is 1.90. The third-order valence-corrected chi connectivity index (χ3v) is 4.15. The first-order chi connectivity index (χ1) is 9.19. The van der Waals surface area contributed by atoms with E-state index in [0.29, 0.717) is 11.6 Å². The largest absolute Gasteiger partial charge is 0.363 e. The van der Waals surface area contributed by atoms with Gasteiger partial charge in [-0.3, -0.25) is 4.79 Å². The Kier molecular flexibility index (Phi) is 3.48. The van der Waals surface area contributed by atoms with Crippen molar-refractivity contribution in [3.8, 4) is 0 Å². The number of morpholine rings is 1. The minimum absolute atomic E-state index is 0.0199. The molecule has 2 fully saturated rings. The maximum atomic E-state index is 12.1. The van der Waals surface area contributed by atoms with Crippen molar-refractivity contribution in [3.05, 3.63) is 29.3 Å². The van der Waals surface area contributed by atoms with Gasteiger partial charge in [-0.25, -0.2) is 0 Å². The fourth-order valence-corrected chi connectivity index (χ4v) is 2.88. The molecule has 2 aliphatic rings. The van der Waals surface area contributed by atoms with Crippen molar-refractivity contribution in [1.82, 2.24) is 5.32 Å². The van der Waals surface area contributed by atoms with Crippen LogP contribution in [0.4, 0.5) is 5.69 Å². The zero-order valence-corrected chi connectivity index (χ0v) is 11.4. The molecule has 2 aliphatic heterocycles. The summed E-state index contributed by atoms with van der Waals surface area (Å²) in [7, 11) is 0. The van der Waals surface area contributed by atoms with E-state index >= 15 is 0 Å². The quantitative estimate of drug-likeness (QED) is 0.853. The average Bonchev–Trinajstić information content (AvgIpc) is 2.44. The highest BCUT2D eigenvalue weighted by Crippen LogP contribution is 2.31. The molecule has 1 aromatic rings. The molecular formula is C14H17ClN2O2. The Bertz CT molecular complexity index is 469. The Hall–Kier alpha value is -1.10. The van der Waals surface area contributed by atoms with Crippen molar-refractivity contribution < 1.29 is 9.53 Å². The molecule has 0 unspecified atom stereocenters. The minimum atomic E-state index is -0.182. The van der Waals surface area contributed by atoms with Crippen molar-refractivity contribution in [3.63, 3.8) is 0 Å². The summed E-state index contributed by atoms with van der Waals surface area (Å²) in [5.74, 6) is 0.0199. The Morgan fingerprint density at radius 2 is 1.89 bits per heavy atom. The number of nitrogens with zero attached hydrogens (tertiary/aromatic N) is 1. The number of benzene rings is 1. The number of piperidine rings is 1. The lowest BCUT2D eigenvalue weighted by molar-refractivity contribution is -0.141. The number of hydrogen-bond acceptors (Lipinski definition) is 3. The van der Waals surface area contributed by atoms with Crippen LogP contribution >= 0.6 is 11.6 Å². The van der Waals surface area contributed by atoms with Crippen LogP contribution in [0, 0.1) is 0 Å². The van der Waals surface area contributed by atoms with Gasteiger partial charge in [-0.1, -0.05) is 11.6 Å². The summed E-state index contributed by atoms with van der Waals surface area (Å²) in [5, 5.41) is 4.01. The number of rotatable bonds is 1. The molecule has 5 heteroatoms. The van der Waals surface area contributed by atoms with Gasteiger partial charge in [0.2, 0.25) is 0 Å². The second kappa shape index (κ2) is 5.12. The summed E-state index contributed by atoms with van der Waals surface area (Å²) in [4.78, 5) is 13.9. The zero-order valence-electron chi connectivity index (χ0n) is 10.7. The van der Waals surface area contributed by atoms with E-state index in [4.69, 9.17) is 16.3 Å². The highest BCUT2D eigenvalue weighted by molar-refractivity contribution is 6.30. The summed E-state index contributed by atoms with van der Waals surface area (Å²) in [5.41, 5.74) is 0.717. The van der Waals surface area contributed by atoms with E-state index in [1.54, 1.807) is 0 Å². The fraction of sp³-hybridized carbons (Fsp3) is 0.500. The molecule has 0 aromatic heterocycles. The molecule has 1 aromatic carbocycles. The van der Waals surface area contributed by atoms with E-state index < -0.39 is 0 Å². The van der Waals surface area contributed by atoms with Gasteiger partial charge < -0.3 is 15.0 Å². The highest BCUT2D eigenvalue weighted by Gasteiger charge is 2.41. The second-order valence-corrected chi connectivity index (χ2v) is 5.61. The van der Waals surface area contributed by atoms with E-state index in [1.807, 2.05) is 29.2 Å². The number of carbonyl (C=O) groups excluding carboxylic acids is 1. The average molecular weight is 281 g/mol. The standard InChI is InChI=1S/C14H17ClN2O2/c15-11-1-3-12(4-2-11)17-10-14(19-9-13(17)18)5-7-16-8-6-14/h1-4,16H,5-10H2. The van der Waals surface area contributed by atoms with Crippen LogP contribution in [0.15, 0.2) is 24.3 Å². The maximum Gasteiger partial charge on any atom is 0.253 e. The molecule has 0 bridgehead atoms. The zero-order chi connectivity index (χ0) is 13.3. The van der Waals surface area contributed by atoms with Crippen molar-refractivity contribution in [2.45, 2.75) is 18.4 Å². The predicted molar refractivity (Wildman–Crippen MR) is 74.6 cm³/mol. The number of amides is 1. The molecule has 1 spiro atoms. The first kappa shape index (κ1) is 12.9. The lowest BCUT2D eigenvalue weighted by Gasteiger charge is -2.44. The topological polar surface area (TPSA) is 41.6 Å². The first-order valence-electron chi connectivity index (χ1n) is 6.59. The summed E-state index contributed by atoms with van der Waals surface area (Å²) >= 11 is 5.89. The third kappa shape index (κ3) is 2.61. The lowest BCUT2D eigenvalue weighted by Crippen LogP contribution is -2.58. The van der Waals surface area contributed by atoms with Gasteiger partial charge in [0, 0.05) is 10.7 Å². The first-order valence-corrected chi connectivity index (χ1v) is 6.97. The van der Waals surface area contributed by atoms with Crippen LogP contribution in [0.1, 0.15) is 12.8 Å². The van der Waals surface area contributed by atoms with Gasteiger partial charge in [0.15, 0.2) is 0 Å². The lowest BCUT2D eigenvalue weighted by atomic mass is 9.90. The number of nitrogens with one attached hydrogen (secondary N) is 1. The summed E-state index contributed by atoms with van der Waals surface area (Å²) in [6.45, 7) is 2.70. The van der Waals surface area contributed by atoms with Crippen LogP contribution in [-0.4, -0.2) is 37.7 Å². The SMILES string of the molecule is O=C1COC2(CCNCC2)CN1c1ccc(Cl)cc1. The molecule has 2 heterocycles. The Labute approximate surface area is 117 Å². The predicted octanol–water partition coefficient (Wildman–Crippen LogP) is 1.83. The normalized spacial score (nSPS) is 22.8. The summed E-state index contributed by atoms with van der Waals surface area (Å²) < 4.78 is 5.84. The molecule has 0 atom stereocenters. The molecule has 1 amide bonds. The number of anilines is 1. The molecule has 19 heavy (non-hydrogen) atoms. The van der Waals surface area contributed by atoms with Crippen molar-refractivity contribution in [1.29, 1.82) is 0 Å². The van der Waals surface area contributed by atoms with Gasteiger partial charge in [-0.15, -0.1) is 0 Å². The molecular weight excluding hydrogens is 264 g/mol. The van der Waals surface area contributed by atoms with Crippen LogP contribution in [0.25, 0.3) is 0 Å². The van der Waals surface area contributed by atoms with Crippen LogP contribution in [0.2, 0.25) is 5.02 Å². The summed E-state index contributed by atoms with van der Waals surface area (Å²) in [6, 6.07) is 7.41. The molecule has 3 rings (SSSR count). The number of hydrogen-bond donors (Lipinski definition) is 1. The highest BCUT2D eigenvalue weighted by atomic mass is 35.5. The Morgan fingerprint density at radius 3 is 2.58 bits per heavy atom. The number of carbonyl (C=O) groups is 1. The molecule has 4 nitrogen and oxygen atoms in total. The van der Waals surface area contributed by atoms with Gasteiger partial charge in [0.1, 0.15) is 6.61 Å². The molecule has 102 valence electrons. The van der Waals surface area contributed by atoms with Gasteiger partial charge in [-0.05, 0) is 50.2 Å². The van der Waals surface area contributed by atoms with E-state index in [1.165, 1.54) is 0 Å². The number of ether oxygens (including phenoxy) is 1. The van der Waals surface area contributed by atoms with Crippen LogP contribution < -0.4 is 10.2 Å². The molecule has 0 saturated carbocycles. The number of halogens is 1. The van der Waals surface area contributed by atoms with Gasteiger partial charge in [-0.2, -0.15) is 0 Å². The monoisotopic (exact) mass is 280 g/mol. The maximum absolute atomic E-state index is 12.1. The van der Waals surface area contributed by atoms with Crippen LogP contribution in [0.3, 0.4) is 0 Å². The van der Waals surface area contributed by atoms with Crippen molar-refractivity contribution in [2.24, 2.45) is 0 Å². The Morgan fingerprint density at radius 1 is 1.21 bits per heavy atom. The molecule has 2 saturated heterocycles. The second-order valence-electron chi connectivity index (χ2n) is 5.18. The van der Waals surface area contributed by atoms with E-state index in [2.05, 4.69) is 5.32 Å². The van der Waals surface area contributed by atoms with Gasteiger partial charge >= 0.3 is 0 Å². The third-order valence-electron chi connectivity index (χ3n) is 3.90. The minimum Gasteiger partial charge on any atom is -0.363 e. The van der Waals surface area contributed by atoms with Crippen molar-refractivity contribution >= 4 is 23.2 Å². The van der Waals surface area contributed by atoms with Gasteiger partial charge in [0.25, 0.3) is 5.91 Å². The van der Waals surface area contributed by atoms with Crippen LogP contribution in [-0.2, 0) is 9.53 Å². The van der Waals surface area contributed by atoms with E-state index in [9.17, 15) is 4.79 Å². The molecule has 1 N–H and O–H groups in total.